The summed E-state index contributed by atoms with van der Waals surface area (Å²) in [6, 6.07) is 16.0. The summed E-state index contributed by atoms with van der Waals surface area (Å²) < 4.78 is 41.6. The van der Waals surface area contributed by atoms with Crippen LogP contribution in [0.1, 0.15) is 44.2 Å². The SMILES string of the molecule is C[C@@H](NC(=O)[C@H]1CC[C@H](NS(=O)(=O)c2ccc(-c3ccccc3Cl)nc2)CC1)c1ccc(F)cc1. The molecular weight excluding hydrogens is 489 g/mol. The normalized spacial score (nSPS) is 19.2. The topological polar surface area (TPSA) is 88.2 Å². The second-order valence-corrected chi connectivity index (χ2v) is 10.9. The van der Waals surface area contributed by atoms with Gasteiger partial charge in [0.25, 0.3) is 0 Å². The summed E-state index contributed by atoms with van der Waals surface area (Å²) in [6.07, 6.45) is 3.62. The first-order valence-electron chi connectivity index (χ1n) is 11.5. The second kappa shape index (κ2) is 10.8. The minimum Gasteiger partial charge on any atom is -0.349 e. The molecule has 1 saturated carbocycles. The number of pyridine rings is 1. The van der Waals surface area contributed by atoms with Gasteiger partial charge in [0.05, 0.1) is 11.7 Å². The Kier molecular flexibility index (Phi) is 7.84. The van der Waals surface area contributed by atoms with Crippen LogP contribution in [0.4, 0.5) is 4.39 Å². The van der Waals surface area contributed by atoms with Crippen LogP contribution in [0.5, 0.6) is 0 Å². The molecule has 0 unspecified atom stereocenters. The fourth-order valence-corrected chi connectivity index (χ4v) is 5.78. The van der Waals surface area contributed by atoms with Crippen molar-refractivity contribution < 1.29 is 17.6 Å². The van der Waals surface area contributed by atoms with E-state index >= 15 is 0 Å². The standard InChI is InChI=1S/C26H27ClFN3O3S/c1-17(18-6-10-20(28)11-7-18)30-26(32)19-8-12-21(13-9-19)31-35(33,34)22-14-15-25(29-16-22)23-4-2-3-5-24(23)27/h2-7,10-11,14-17,19,21,31H,8-9,12-13H2,1H3,(H,30,32)/t17-,19-,21-/m1/s1. The lowest BCUT2D eigenvalue weighted by Crippen LogP contribution is -2.41. The van der Waals surface area contributed by atoms with Crippen molar-refractivity contribution in [3.63, 3.8) is 0 Å². The molecule has 184 valence electrons. The summed E-state index contributed by atoms with van der Waals surface area (Å²) in [7, 11) is -3.74. The number of hydrogen-bond acceptors (Lipinski definition) is 4. The highest BCUT2D eigenvalue weighted by atomic mass is 35.5. The lowest BCUT2D eigenvalue weighted by atomic mass is 9.85. The van der Waals surface area contributed by atoms with Gasteiger partial charge in [-0.25, -0.2) is 17.5 Å². The molecule has 1 aromatic heterocycles. The summed E-state index contributed by atoms with van der Waals surface area (Å²) in [5, 5.41) is 3.52. The van der Waals surface area contributed by atoms with Crippen molar-refractivity contribution in [3.05, 3.63) is 83.3 Å². The third kappa shape index (κ3) is 6.25. The van der Waals surface area contributed by atoms with Crippen LogP contribution < -0.4 is 10.0 Å². The van der Waals surface area contributed by atoms with Crippen molar-refractivity contribution in [1.82, 2.24) is 15.0 Å². The molecular formula is C26H27ClFN3O3S. The molecule has 9 heteroatoms. The Balaban J connectivity index is 1.31. The molecule has 1 aliphatic rings. The number of carbonyl (C=O) groups is 1. The Bertz CT molecular complexity index is 1280. The highest BCUT2D eigenvalue weighted by Gasteiger charge is 2.30. The van der Waals surface area contributed by atoms with E-state index in [1.54, 1.807) is 24.3 Å². The average molecular weight is 516 g/mol. The maximum Gasteiger partial charge on any atom is 0.242 e. The van der Waals surface area contributed by atoms with Crippen LogP contribution in [0.25, 0.3) is 11.3 Å². The number of benzene rings is 2. The first kappa shape index (κ1) is 25.3. The van der Waals surface area contributed by atoms with Gasteiger partial charge in [-0.2, -0.15) is 0 Å². The van der Waals surface area contributed by atoms with Gasteiger partial charge in [-0.05, 0) is 68.5 Å². The van der Waals surface area contributed by atoms with Gasteiger partial charge in [0, 0.05) is 28.7 Å². The van der Waals surface area contributed by atoms with Gasteiger partial charge in [-0.3, -0.25) is 9.78 Å². The van der Waals surface area contributed by atoms with Gasteiger partial charge in [0.15, 0.2) is 0 Å². The molecule has 0 spiro atoms. The number of nitrogens with zero attached hydrogens (tertiary/aromatic N) is 1. The van der Waals surface area contributed by atoms with Crippen LogP contribution >= 0.6 is 11.6 Å². The van der Waals surface area contributed by atoms with Crippen LogP contribution in [0.3, 0.4) is 0 Å². The van der Waals surface area contributed by atoms with E-state index in [9.17, 15) is 17.6 Å². The molecule has 6 nitrogen and oxygen atoms in total. The molecule has 2 aromatic carbocycles. The van der Waals surface area contributed by atoms with E-state index in [-0.39, 0.29) is 34.6 Å². The van der Waals surface area contributed by atoms with Crippen molar-refractivity contribution in [2.75, 3.05) is 0 Å². The zero-order valence-electron chi connectivity index (χ0n) is 19.2. The van der Waals surface area contributed by atoms with E-state index in [2.05, 4.69) is 15.0 Å². The van der Waals surface area contributed by atoms with Gasteiger partial charge in [0.1, 0.15) is 10.7 Å². The van der Waals surface area contributed by atoms with Crippen LogP contribution in [-0.4, -0.2) is 25.4 Å². The zero-order chi connectivity index (χ0) is 25.0. The predicted octanol–water partition coefficient (Wildman–Crippen LogP) is 5.26. The Morgan fingerprint density at radius 2 is 1.71 bits per heavy atom. The van der Waals surface area contributed by atoms with Gasteiger partial charge in [-0.1, -0.05) is 41.9 Å². The van der Waals surface area contributed by atoms with Gasteiger partial charge < -0.3 is 5.32 Å². The number of nitrogens with one attached hydrogen (secondary N) is 2. The molecule has 4 rings (SSSR count). The van der Waals surface area contributed by atoms with Gasteiger partial charge >= 0.3 is 0 Å². The Morgan fingerprint density at radius 1 is 1.03 bits per heavy atom. The van der Waals surface area contributed by atoms with Crippen LogP contribution in [-0.2, 0) is 14.8 Å². The highest BCUT2D eigenvalue weighted by Crippen LogP contribution is 2.28. The zero-order valence-corrected chi connectivity index (χ0v) is 20.8. The van der Waals surface area contributed by atoms with E-state index in [0.29, 0.717) is 36.4 Å². The first-order chi connectivity index (χ1) is 16.7. The third-order valence-corrected chi connectivity index (χ3v) is 8.18. The van der Waals surface area contributed by atoms with E-state index in [1.165, 1.54) is 24.4 Å². The maximum absolute atomic E-state index is 13.1. The summed E-state index contributed by atoms with van der Waals surface area (Å²) in [5.74, 6) is -0.571. The van der Waals surface area contributed by atoms with Crippen molar-refractivity contribution in [2.24, 2.45) is 5.92 Å². The lowest BCUT2D eigenvalue weighted by molar-refractivity contribution is -0.126. The molecule has 0 saturated heterocycles. The van der Waals surface area contributed by atoms with Crippen molar-refractivity contribution in [3.8, 4) is 11.3 Å². The van der Waals surface area contributed by atoms with Gasteiger partial charge in [-0.15, -0.1) is 0 Å². The molecule has 0 bridgehead atoms. The molecule has 2 N–H and O–H groups in total. The van der Waals surface area contributed by atoms with Crippen LogP contribution in [0.2, 0.25) is 5.02 Å². The number of rotatable bonds is 7. The van der Waals surface area contributed by atoms with E-state index < -0.39 is 10.0 Å². The maximum atomic E-state index is 13.1. The minimum absolute atomic E-state index is 0.0671. The molecule has 35 heavy (non-hydrogen) atoms. The number of amides is 1. The Morgan fingerprint density at radius 3 is 2.34 bits per heavy atom. The molecule has 0 aliphatic heterocycles. The lowest BCUT2D eigenvalue weighted by Gasteiger charge is -2.29. The highest BCUT2D eigenvalue weighted by molar-refractivity contribution is 7.89. The number of sulfonamides is 1. The van der Waals surface area contributed by atoms with Crippen LogP contribution in [0.15, 0.2) is 71.8 Å². The predicted molar refractivity (Wildman–Crippen MR) is 134 cm³/mol. The van der Waals surface area contributed by atoms with Crippen molar-refractivity contribution in [1.29, 1.82) is 0 Å². The quantitative estimate of drug-likeness (QED) is 0.449. The number of aromatic nitrogens is 1. The van der Waals surface area contributed by atoms with Crippen molar-refractivity contribution >= 4 is 27.5 Å². The van der Waals surface area contributed by atoms with Crippen LogP contribution in [0, 0.1) is 11.7 Å². The molecule has 0 radical (unpaired) electrons. The van der Waals surface area contributed by atoms with E-state index in [0.717, 1.165) is 11.1 Å². The third-order valence-electron chi connectivity index (χ3n) is 6.35. The fourth-order valence-electron chi connectivity index (χ4n) is 4.29. The first-order valence-corrected chi connectivity index (χ1v) is 13.4. The Hall–Kier alpha value is -2.81. The monoisotopic (exact) mass is 515 g/mol. The van der Waals surface area contributed by atoms with E-state index in [1.807, 2.05) is 25.1 Å². The Labute approximate surface area is 210 Å². The number of hydrogen-bond donors (Lipinski definition) is 2. The molecule has 1 heterocycles. The smallest absolute Gasteiger partial charge is 0.242 e. The summed E-state index contributed by atoms with van der Waals surface area (Å²) in [5.41, 5.74) is 2.16. The fraction of sp³-hybridized carbons (Fsp3) is 0.308. The summed E-state index contributed by atoms with van der Waals surface area (Å²) >= 11 is 6.20. The molecule has 1 atom stereocenters. The largest absolute Gasteiger partial charge is 0.349 e. The second-order valence-electron chi connectivity index (χ2n) is 8.81. The average Bonchev–Trinajstić information content (AvgIpc) is 2.85. The van der Waals surface area contributed by atoms with E-state index in [4.69, 9.17) is 11.6 Å². The molecule has 1 aliphatic carbocycles. The van der Waals surface area contributed by atoms with Crippen molar-refractivity contribution in [2.45, 2.75) is 49.6 Å². The summed E-state index contributed by atoms with van der Waals surface area (Å²) in [4.78, 5) is 17.1. The molecule has 1 amide bonds. The molecule has 1 fully saturated rings. The number of carbonyl (C=O) groups excluding carboxylic acids is 1. The van der Waals surface area contributed by atoms with Gasteiger partial charge in [0.2, 0.25) is 15.9 Å². The minimum atomic E-state index is -3.74. The number of halogens is 2. The molecule has 3 aromatic rings. The summed E-state index contributed by atoms with van der Waals surface area (Å²) in [6.45, 7) is 1.86.